The van der Waals surface area contributed by atoms with Crippen molar-refractivity contribution >= 4 is 46.6 Å². The Morgan fingerprint density at radius 2 is 1.80 bits per heavy atom. The zero-order valence-electron chi connectivity index (χ0n) is 17.1. The van der Waals surface area contributed by atoms with Crippen molar-refractivity contribution in [2.45, 2.75) is 32.5 Å². The van der Waals surface area contributed by atoms with Crippen LogP contribution in [0.5, 0.6) is 5.75 Å². The lowest BCUT2D eigenvalue weighted by atomic mass is 10.1. The molecule has 3 rings (SSSR count). The largest absolute Gasteiger partial charge is 0.486 e. The molecule has 0 aliphatic rings. The zero-order valence-corrected chi connectivity index (χ0v) is 19.5. The van der Waals surface area contributed by atoms with Gasteiger partial charge in [0, 0.05) is 22.8 Å². The Labute approximate surface area is 189 Å². The molecule has 1 heterocycles. The van der Waals surface area contributed by atoms with E-state index >= 15 is 0 Å². The van der Waals surface area contributed by atoms with Crippen LogP contribution in [0, 0.1) is 20.8 Å². The molecule has 0 saturated heterocycles. The summed E-state index contributed by atoms with van der Waals surface area (Å²) in [6, 6.07) is 9.17. The fourth-order valence-electron chi connectivity index (χ4n) is 2.78. The van der Waals surface area contributed by atoms with E-state index in [4.69, 9.17) is 27.9 Å². The fraction of sp³-hybridized carbons (Fsp3) is 0.286. The molecule has 1 amide bonds. The van der Waals surface area contributed by atoms with E-state index in [9.17, 15) is 4.79 Å². The number of anilines is 1. The monoisotopic (exact) mass is 464 g/mol. The first kappa shape index (κ1) is 22.5. The minimum Gasteiger partial charge on any atom is -0.486 e. The maximum absolute atomic E-state index is 12.3. The Hall–Kier alpha value is -2.22. The lowest BCUT2D eigenvalue weighted by Crippen LogP contribution is -2.15. The number of ether oxygens (including phenoxy) is 1. The van der Waals surface area contributed by atoms with Gasteiger partial charge in [-0.3, -0.25) is 4.79 Å². The van der Waals surface area contributed by atoms with Gasteiger partial charge >= 0.3 is 0 Å². The van der Waals surface area contributed by atoms with E-state index in [1.54, 1.807) is 12.1 Å². The van der Waals surface area contributed by atoms with E-state index in [0.29, 0.717) is 21.7 Å². The van der Waals surface area contributed by atoms with E-state index in [1.807, 2.05) is 50.6 Å². The molecule has 0 radical (unpaired) electrons. The number of amides is 1. The number of rotatable bonds is 7. The third kappa shape index (κ3) is 5.47. The van der Waals surface area contributed by atoms with Crippen LogP contribution in [0.15, 0.2) is 35.5 Å². The van der Waals surface area contributed by atoms with Gasteiger partial charge < -0.3 is 14.6 Å². The SMILES string of the molecule is Cc1ccc(Cl)cc1NC(=O)CSc1nnc(COc2cc(C)c(Cl)c(C)c2)n1C. The molecule has 1 N–H and O–H groups in total. The number of thioether (sulfide) groups is 1. The molecule has 3 aromatic rings. The summed E-state index contributed by atoms with van der Waals surface area (Å²) in [4.78, 5) is 12.3. The molecule has 0 bridgehead atoms. The topological polar surface area (TPSA) is 69.0 Å². The van der Waals surface area contributed by atoms with Crippen LogP contribution < -0.4 is 10.1 Å². The second-order valence-electron chi connectivity index (χ2n) is 6.91. The number of carbonyl (C=O) groups excluding carboxylic acids is 1. The number of aryl methyl sites for hydroxylation is 3. The van der Waals surface area contributed by atoms with Crippen molar-refractivity contribution in [3.05, 3.63) is 62.9 Å². The summed E-state index contributed by atoms with van der Waals surface area (Å²) < 4.78 is 7.67. The number of carbonyl (C=O) groups is 1. The first-order chi connectivity index (χ1) is 14.2. The van der Waals surface area contributed by atoms with Crippen molar-refractivity contribution in [2.75, 3.05) is 11.1 Å². The predicted molar refractivity (Wildman–Crippen MR) is 122 cm³/mol. The molecular formula is C21H22Cl2N4O2S. The van der Waals surface area contributed by atoms with Crippen molar-refractivity contribution < 1.29 is 9.53 Å². The summed E-state index contributed by atoms with van der Waals surface area (Å²) in [6.45, 7) is 6.06. The number of hydrogen-bond donors (Lipinski definition) is 1. The van der Waals surface area contributed by atoms with Crippen molar-refractivity contribution in [1.29, 1.82) is 0 Å². The van der Waals surface area contributed by atoms with Crippen LogP contribution in [-0.4, -0.2) is 26.4 Å². The van der Waals surface area contributed by atoms with E-state index in [2.05, 4.69) is 15.5 Å². The normalized spacial score (nSPS) is 10.9. The number of hydrogen-bond acceptors (Lipinski definition) is 5. The molecule has 0 spiro atoms. The molecule has 0 unspecified atom stereocenters. The van der Waals surface area contributed by atoms with Gasteiger partial charge in [-0.2, -0.15) is 0 Å². The van der Waals surface area contributed by atoms with Crippen LogP contribution in [0.2, 0.25) is 10.0 Å². The van der Waals surface area contributed by atoms with Gasteiger partial charge in [0.05, 0.1) is 5.75 Å². The van der Waals surface area contributed by atoms with Gasteiger partial charge in [-0.25, -0.2) is 0 Å². The van der Waals surface area contributed by atoms with Gasteiger partial charge in [-0.15, -0.1) is 10.2 Å². The average molecular weight is 465 g/mol. The summed E-state index contributed by atoms with van der Waals surface area (Å²) in [5, 5.41) is 13.2. The van der Waals surface area contributed by atoms with Crippen LogP contribution >= 0.6 is 35.0 Å². The van der Waals surface area contributed by atoms with E-state index in [-0.39, 0.29) is 18.3 Å². The highest BCUT2D eigenvalue weighted by atomic mass is 35.5. The molecule has 0 fully saturated rings. The molecule has 0 atom stereocenters. The second kappa shape index (κ2) is 9.73. The Morgan fingerprint density at radius 1 is 1.10 bits per heavy atom. The molecule has 2 aromatic carbocycles. The van der Waals surface area contributed by atoms with E-state index in [1.165, 1.54) is 11.8 Å². The van der Waals surface area contributed by atoms with Gasteiger partial charge in [0.15, 0.2) is 11.0 Å². The highest BCUT2D eigenvalue weighted by Crippen LogP contribution is 2.26. The molecule has 0 aliphatic carbocycles. The van der Waals surface area contributed by atoms with Gasteiger partial charge in [0.25, 0.3) is 0 Å². The van der Waals surface area contributed by atoms with Crippen molar-refractivity contribution in [3.63, 3.8) is 0 Å². The third-order valence-electron chi connectivity index (χ3n) is 4.51. The summed E-state index contributed by atoms with van der Waals surface area (Å²) in [7, 11) is 1.85. The highest BCUT2D eigenvalue weighted by molar-refractivity contribution is 7.99. The van der Waals surface area contributed by atoms with E-state index in [0.717, 1.165) is 27.5 Å². The first-order valence-corrected chi connectivity index (χ1v) is 11.0. The third-order valence-corrected chi connectivity index (χ3v) is 6.36. The maximum atomic E-state index is 12.3. The maximum Gasteiger partial charge on any atom is 0.234 e. The standard InChI is InChI=1S/C21H22Cl2N4O2S/c1-12-5-6-15(22)9-17(12)24-19(28)11-30-21-26-25-18(27(21)4)10-29-16-7-13(2)20(23)14(3)8-16/h5-9H,10-11H2,1-4H3,(H,24,28). The van der Waals surface area contributed by atoms with Crippen LogP contribution in [0.1, 0.15) is 22.5 Å². The number of nitrogens with one attached hydrogen (secondary N) is 1. The quantitative estimate of drug-likeness (QED) is 0.476. The minimum absolute atomic E-state index is 0.140. The predicted octanol–water partition coefficient (Wildman–Crippen LogP) is 5.36. The van der Waals surface area contributed by atoms with E-state index < -0.39 is 0 Å². The second-order valence-corrected chi connectivity index (χ2v) is 8.67. The van der Waals surface area contributed by atoms with Crippen LogP contribution in [-0.2, 0) is 18.4 Å². The molecule has 0 saturated carbocycles. The number of nitrogens with zero attached hydrogens (tertiary/aromatic N) is 3. The highest BCUT2D eigenvalue weighted by Gasteiger charge is 2.13. The zero-order chi connectivity index (χ0) is 21.8. The van der Waals surface area contributed by atoms with Crippen molar-refractivity contribution in [3.8, 4) is 5.75 Å². The Bertz CT molecular complexity index is 1060. The lowest BCUT2D eigenvalue weighted by Gasteiger charge is -2.10. The molecule has 1 aromatic heterocycles. The minimum atomic E-state index is -0.140. The van der Waals surface area contributed by atoms with Gasteiger partial charge in [0.2, 0.25) is 5.91 Å². The molecule has 158 valence electrons. The summed E-state index contributed by atoms with van der Waals surface area (Å²) in [5.41, 5.74) is 3.57. The summed E-state index contributed by atoms with van der Waals surface area (Å²) in [5.74, 6) is 1.45. The molecular weight excluding hydrogens is 443 g/mol. The summed E-state index contributed by atoms with van der Waals surface area (Å²) in [6.07, 6.45) is 0. The van der Waals surface area contributed by atoms with Gasteiger partial charge in [0.1, 0.15) is 12.4 Å². The summed E-state index contributed by atoms with van der Waals surface area (Å²) >= 11 is 13.5. The number of aromatic nitrogens is 3. The lowest BCUT2D eigenvalue weighted by molar-refractivity contribution is -0.113. The van der Waals surface area contributed by atoms with Crippen molar-refractivity contribution in [2.24, 2.45) is 7.05 Å². The Morgan fingerprint density at radius 3 is 2.50 bits per heavy atom. The average Bonchev–Trinajstić information content (AvgIpc) is 3.05. The molecule has 6 nitrogen and oxygen atoms in total. The van der Waals surface area contributed by atoms with Gasteiger partial charge in [-0.05, 0) is 61.7 Å². The molecule has 0 aliphatic heterocycles. The molecule has 30 heavy (non-hydrogen) atoms. The smallest absolute Gasteiger partial charge is 0.234 e. The number of benzene rings is 2. The fourth-order valence-corrected chi connectivity index (χ4v) is 3.79. The molecule has 9 heteroatoms. The Balaban J connectivity index is 1.57. The van der Waals surface area contributed by atoms with Crippen LogP contribution in [0.3, 0.4) is 0 Å². The van der Waals surface area contributed by atoms with Crippen LogP contribution in [0.25, 0.3) is 0 Å². The van der Waals surface area contributed by atoms with Crippen LogP contribution in [0.4, 0.5) is 5.69 Å². The first-order valence-electron chi connectivity index (χ1n) is 9.21. The van der Waals surface area contributed by atoms with Crippen molar-refractivity contribution in [1.82, 2.24) is 14.8 Å². The van der Waals surface area contributed by atoms with Gasteiger partial charge in [-0.1, -0.05) is 41.0 Å². The Kier molecular flexibility index (Phi) is 7.28. The number of halogens is 2.